The molecule has 0 saturated heterocycles. The van der Waals surface area contributed by atoms with Gasteiger partial charge in [0.25, 0.3) is 0 Å². The molecule has 0 atom stereocenters. The third-order valence-electron chi connectivity index (χ3n) is 1.36. The number of nitrogens with zero attached hydrogens (tertiary/aromatic N) is 1. The van der Waals surface area contributed by atoms with Gasteiger partial charge in [-0.25, -0.2) is 5.01 Å². The maximum atomic E-state index is 5.05. The predicted octanol–water partition coefficient (Wildman–Crippen LogP) is 1.45. The summed E-state index contributed by atoms with van der Waals surface area (Å²) in [7, 11) is 3.78. The number of nitrogens with one attached hydrogen (secondary N) is 2. The first-order valence-corrected chi connectivity index (χ1v) is 4.39. The third-order valence-corrected chi connectivity index (χ3v) is 1.55. The molecule has 0 spiro atoms. The van der Waals surface area contributed by atoms with Gasteiger partial charge in [-0.3, -0.25) is 5.43 Å². The Balaban J connectivity index is 2.46. The van der Waals surface area contributed by atoms with Crippen molar-refractivity contribution in [3.63, 3.8) is 0 Å². The second-order valence-electron chi connectivity index (χ2n) is 2.83. The molecule has 4 heteroatoms. The van der Waals surface area contributed by atoms with E-state index in [1.807, 2.05) is 44.4 Å². The van der Waals surface area contributed by atoms with Crippen LogP contribution in [0.1, 0.15) is 0 Å². The van der Waals surface area contributed by atoms with Crippen LogP contribution in [0.4, 0.5) is 5.69 Å². The number of hydrogen-bond acceptors (Lipinski definition) is 2. The predicted molar refractivity (Wildman–Crippen MR) is 59.5 cm³/mol. The average molecular weight is 195 g/mol. The monoisotopic (exact) mass is 195 g/mol. The molecule has 0 radical (unpaired) electrons. The maximum Gasteiger partial charge on any atom is 0.185 e. The van der Waals surface area contributed by atoms with Crippen molar-refractivity contribution < 1.29 is 0 Å². The SMILES string of the molecule is CN(C)NC(=S)Nc1ccccc1. The number of rotatable bonds is 2. The van der Waals surface area contributed by atoms with Crippen molar-refractivity contribution in [3.8, 4) is 0 Å². The smallest absolute Gasteiger partial charge is 0.185 e. The largest absolute Gasteiger partial charge is 0.332 e. The molecule has 0 unspecified atom stereocenters. The summed E-state index contributed by atoms with van der Waals surface area (Å²) < 4.78 is 0. The molecular formula is C9H13N3S. The first-order chi connectivity index (χ1) is 6.18. The summed E-state index contributed by atoms with van der Waals surface area (Å²) in [6.07, 6.45) is 0. The van der Waals surface area contributed by atoms with Crippen molar-refractivity contribution >= 4 is 23.0 Å². The molecule has 13 heavy (non-hydrogen) atoms. The molecule has 0 saturated carbocycles. The van der Waals surface area contributed by atoms with E-state index in [1.54, 1.807) is 5.01 Å². The Labute approximate surface area is 83.7 Å². The molecule has 0 heterocycles. The van der Waals surface area contributed by atoms with Gasteiger partial charge in [-0.05, 0) is 24.4 Å². The summed E-state index contributed by atoms with van der Waals surface area (Å²) in [5.74, 6) is 0. The van der Waals surface area contributed by atoms with Gasteiger partial charge >= 0.3 is 0 Å². The van der Waals surface area contributed by atoms with Gasteiger partial charge in [0.15, 0.2) is 5.11 Å². The van der Waals surface area contributed by atoms with Crippen LogP contribution in [0.15, 0.2) is 30.3 Å². The minimum atomic E-state index is 0.594. The van der Waals surface area contributed by atoms with E-state index in [4.69, 9.17) is 12.2 Å². The van der Waals surface area contributed by atoms with Crippen LogP contribution in [-0.2, 0) is 0 Å². The fraction of sp³-hybridized carbons (Fsp3) is 0.222. The Hall–Kier alpha value is -1.13. The van der Waals surface area contributed by atoms with Crippen LogP contribution < -0.4 is 10.7 Å². The van der Waals surface area contributed by atoms with Gasteiger partial charge in [0.05, 0.1) is 0 Å². The lowest BCUT2D eigenvalue weighted by molar-refractivity contribution is 0.365. The Kier molecular flexibility index (Phi) is 3.67. The highest BCUT2D eigenvalue weighted by Crippen LogP contribution is 2.03. The lowest BCUT2D eigenvalue weighted by Crippen LogP contribution is -2.38. The standard InChI is InChI=1S/C9H13N3S/c1-12(2)11-9(13)10-8-6-4-3-5-7-8/h3-7H,1-2H3,(H2,10,11,13). The van der Waals surface area contributed by atoms with Gasteiger partial charge in [-0.15, -0.1) is 0 Å². The highest BCUT2D eigenvalue weighted by atomic mass is 32.1. The fourth-order valence-corrected chi connectivity index (χ4v) is 1.18. The summed E-state index contributed by atoms with van der Waals surface area (Å²) in [5, 5.41) is 5.44. The van der Waals surface area contributed by atoms with Gasteiger partial charge in [0.1, 0.15) is 0 Å². The maximum absolute atomic E-state index is 5.05. The highest BCUT2D eigenvalue weighted by Gasteiger charge is 1.95. The zero-order valence-corrected chi connectivity index (χ0v) is 8.56. The second-order valence-corrected chi connectivity index (χ2v) is 3.23. The minimum absolute atomic E-state index is 0.594. The third kappa shape index (κ3) is 3.87. The summed E-state index contributed by atoms with van der Waals surface area (Å²) in [6.45, 7) is 0. The van der Waals surface area contributed by atoms with E-state index >= 15 is 0 Å². The molecule has 0 amide bonds. The zero-order chi connectivity index (χ0) is 9.68. The van der Waals surface area contributed by atoms with E-state index in [1.165, 1.54) is 0 Å². The van der Waals surface area contributed by atoms with Crippen LogP contribution in [0.3, 0.4) is 0 Å². The summed E-state index contributed by atoms with van der Waals surface area (Å²) in [5.41, 5.74) is 3.93. The lowest BCUT2D eigenvalue weighted by atomic mass is 10.3. The Bertz CT molecular complexity index is 271. The molecule has 0 aliphatic carbocycles. The van der Waals surface area contributed by atoms with Gasteiger partial charge in [-0.1, -0.05) is 18.2 Å². The molecule has 70 valence electrons. The summed E-state index contributed by atoms with van der Waals surface area (Å²) >= 11 is 5.05. The molecule has 0 aliphatic rings. The minimum Gasteiger partial charge on any atom is -0.332 e. The molecule has 0 aliphatic heterocycles. The average Bonchev–Trinajstić information content (AvgIpc) is 2.04. The Morgan fingerprint density at radius 2 is 1.85 bits per heavy atom. The number of anilines is 1. The van der Waals surface area contributed by atoms with Crippen LogP contribution in [-0.4, -0.2) is 24.2 Å². The molecule has 0 bridgehead atoms. The normalized spacial score (nSPS) is 9.77. The number of hydrogen-bond donors (Lipinski definition) is 2. The lowest BCUT2D eigenvalue weighted by Gasteiger charge is -2.15. The highest BCUT2D eigenvalue weighted by molar-refractivity contribution is 7.80. The van der Waals surface area contributed by atoms with E-state index < -0.39 is 0 Å². The van der Waals surface area contributed by atoms with Crippen molar-refractivity contribution in [1.82, 2.24) is 10.4 Å². The van der Waals surface area contributed by atoms with Crippen molar-refractivity contribution in [1.29, 1.82) is 0 Å². The van der Waals surface area contributed by atoms with Crippen molar-refractivity contribution in [2.24, 2.45) is 0 Å². The first-order valence-electron chi connectivity index (χ1n) is 3.98. The first kappa shape index (κ1) is 9.95. The number of hydrazine groups is 1. The summed E-state index contributed by atoms with van der Waals surface area (Å²) in [4.78, 5) is 0. The van der Waals surface area contributed by atoms with Crippen LogP contribution >= 0.6 is 12.2 Å². The molecule has 1 rings (SSSR count). The van der Waals surface area contributed by atoms with Crippen molar-refractivity contribution in [3.05, 3.63) is 30.3 Å². The van der Waals surface area contributed by atoms with Crippen LogP contribution in [0.2, 0.25) is 0 Å². The van der Waals surface area contributed by atoms with Crippen LogP contribution in [0, 0.1) is 0 Å². The van der Waals surface area contributed by atoms with Crippen molar-refractivity contribution in [2.45, 2.75) is 0 Å². The molecule has 0 fully saturated rings. The number of thiocarbonyl (C=S) groups is 1. The van der Waals surface area contributed by atoms with Gasteiger partial charge < -0.3 is 5.32 Å². The van der Waals surface area contributed by atoms with E-state index in [2.05, 4.69) is 10.7 Å². The molecular weight excluding hydrogens is 182 g/mol. The number of benzene rings is 1. The number of para-hydroxylation sites is 1. The molecule has 1 aromatic carbocycles. The molecule has 3 nitrogen and oxygen atoms in total. The quantitative estimate of drug-likeness (QED) is 0.552. The summed E-state index contributed by atoms with van der Waals surface area (Å²) in [6, 6.07) is 9.81. The van der Waals surface area contributed by atoms with Crippen molar-refractivity contribution in [2.75, 3.05) is 19.4 Å². The molecule has 2 N–H and O–H groups in total. The fourth-order valence-electron chi connectivity index (χ4n) is 0.884. The Morgan fingerprint density at radius 3 is 2.38 bits per heavy atom. The molecule has 0 aromatic heterocycles. The van der Waals surface area contributed by atoms with Gasteiger partial charge in [-0.2, -0.15) is 0 Å². The zero-order valence-electron chi connectivity index (χ0n) is 7.74. The molecule has 1 aromatic rings. The van der Waals surface area contributed by atoms with Gasteiger partial charge in [0.2, 0.25) is 0 Å². The topological polar surface area (TPSA) is 27.3 Å². The van der Waals surface area contributed by atoms with E-state index in [-0.39, 0.29) is 0 Å². The van der Waals surface area contributed by atoms with Crippen LogP contribution in [0.25, 0.3) is 0 Å². The van der Waals surface area contributed by atoms with E-state index in [9.17, 15) is 0 Å². The van der Waals surface area contributed by atoms with Gasteiger partial charge in [0, 0.05) is 19.8 Å². The van der Waals surface area contributed by atoms with E-state index in [0.29, 0.717) is 5.11 Å². The van der Waals surface area contributed by atoms with Crippen LogP contribution in [0.5, 0.6) is 0 Å². The Morgan fingerprint density at radius 1 is 1.23 bits per heavy atom. The second kappa shape index (κ2) is 4.79. The van der Waals surface area contributed by atoms with E-state index in [0.717, 1.165) is 5.69 Å².